The molecule has 2 aromatic heterocycles. The van der Waals surface area contributed by atoms with Gasteiger partial charge in [0.15, 0.2) is 5.82 Å². The number of H-pyrrole nitrogens is 1. The number of anilines is 1. The number of halogens is 2. The topological polar surface area (TPSA) is 90.6 Å². The molecule has 8 nitrogen and oxygen atoms in total. The van der Waals surface area contributed by atoms with Crippen molar-refractivity contribution in [2.75, 3.05) is 38.1 Å². The summed E-state index contributed by atoms with van der Waals surface area (Å²) >= 11 is 0. The average molecular weight is 455 g/mol. The van der Waals surface area contributed by atoms with Gasteiger partial charge in [-0.25, -0.2) is 9.37 Å². The molecule has 0 spiro atoms. The van der Waals surface area contributed by atoms with Gasteiger partial charge in [-0.3, -0.25) is 14.5 Å². The Morgan fingerprint density at radius 3 is 2.61 bits per heavy atom. The standard InChI is InChI=1S/C23H23F2N5O3/c1-26-23(32)17-4-5-18(21(25)27-17)30-8-6-29(7-9-30)10-13-2-3-14-15-11-33-12-16(15)22(31)28-20(14)19(13)24/h2-5H,6-12H2,1H3,(H,26,32)(H,28,31). The van der Waals surface area contributed by atoms with Crippen LogP contribution in [0.15, 0.2) is 29.1 Å². The van der Waals surface area contributed by atoms with Crippen LogP contribution in [0.25, 0.3) is 10.9 Å². The minimum atomic E-state index is -0.689. The number of hydrogen-bond donors (Lipinski definition) is 2. The Hall–Kier alpha value is -3.37. The molecule has 1 fully saturated rings. The summed E-state index contributed by atoms with van der Waals surface area (Å²) in [6.07, 6.45) is 0. The smallest absolute Gasteiger partial charge is 0.269 e. The Bertz CT molecular complexity index is 1300. The molecule has 0 radical (unpaired) electrons. The van der Waals surface area contributed by atoms with Crippen molar-refractivity contribution in [3.8, 4) is 0 Å². The van der Waals surface area contributed by atoms with Crippen LogP contribution in [0, 0.1) is 11.8 Å². The van der Waals surface area contributed by atoms with E-state index < -0.39 is 17.7 Å². The van der Waals surface area contributed by atoms with Crippen molar-refractivity contribution in [1.82, 2.24) is 20.2 Å². The number of hydrogen-bond acceptors (Lipinski definition) is 6. The van der Waals surface area contributed by atoms with E-state index in [1.54, 1.807) is 12.1 Å². The van der Waals surface area contributed by atoms with Crippen LogP contribution in [0.5, 0.6) is 0 Å². The lowest BCUT2D eigenvalue weighted by Gasteiger charge is -2.36. The van der Waals surface area contributed by atoms with Crippen molar-refractivity contribution in [3.05, 3.63) is 68.8 Å². The maximum atomic E-state index is 15.3. The predicted octanol–water partition coefficient (Wildman–Crippen LogP) is 1.91. The second-order valence-electron chi connectivity index (χ2n) is 8.21. The van der Waals surface area contributed by atoms with Crippen LogP contribution in [0.4, 0.5) is 14.5 Å². The number of fused-ring (bicyclic) bond motifs is 3. The number of pyridine rings is 2. The van der Waals surface area contributed by atoms with Gasteiger partial charge in [-0.05, 0) is 17.7 Å². The molecule has 1 amide bonds. The van der Waals surface area contributed by atoms with Crippen molar-refractivity contribution in [2.45, 2.75) is 19.8 Å². The van der Waals surface area contributed by atoms with E-state index in [0.29, 0.717) is 61.5 Å². The number of piperazine rings is 1. The molecule has 4 heterocycles. The number of nitrogens with zero attached hydrogens (tertiary/aromatic N) is 3. The Balaban J connectivity index is 1.30. The van der Waals surface area contributed by atoms with E-state index in [1.165, 1.54) is 13.1 Å². The summed E-state index contributed by atoms with van der Waals surface area (Å²) < 4.78 is 35.1. The van der Waals surface area contributed by atoms with Crippen molar-refractivity contribution in [1.29, 1.82) is 0 Å². The third-order valence-electron chi connectivity index (χ3n) is 6.31. The minimum absolute atomic E-state index is 0.0272. The van der Waals surface area contributed by atoms with Crippen LogP contribution >= 0.6 is 0 Å². The number of carbonyl (C=O) groups excluding carboxylic acids is 1. The van der Waals surface area contributed by atoms with E-state index in [-0.39, 0.29) is 23.4 Å². The number of aromatic amines is 1. The predicted molar refractivity (Wildman–Crippen MR) is 118 cm³/mol. The number of amides is 1. The lowest BCUT2D eigenvalue weighted by molar-refractivity contribution is 0.0957. The van der Waals surface area contributed by atoms with Gasteiger partial charge in [-0.2, -0.15) is 4.39 Å². The van der Waals surface area contributed by atoms with Gasteiger partial charge >= 0.3 is 0 Å². The molecule has 0 atom stereocenters. The Morgan fingerprint density at radius 2 is 1.88 bits per heavy atom. The molecule has 0 bridgehead atoms. The van der Waals surface area contributed by atoms with Crippen LogP contribution in [-0.2, 0) is 24.5 Å². The van der Waals surface area contributed by atoms with E-state index in [2.05, 4.69) is 20.2 Å². The van der Waals surface area contributed by atoms with E-state index >= 15 is 4.39 Å². The van der Waals surface area contributed by atoms with Crippen LogP contribution in [-0.4, -0.2) is 54.0 Å². The summed E-state index contributed by atoms with van der Waals surface area (Å²) in [5.41, 5.74) is 2.09. The third kappa shape index (κ3) is 3.85. The fourth-order valence-corrected chi connectivity index (χ4v) is 4.48. The average Bonchev–Trinajstić information content (AvgIpc) is 3.32. The van der Waals surface area contributed by atoms with Gasteiger partial charge in [0.1, 0.15) is 5.69 Å². The van der Waals surface area contributed by atoms with E-state index in [0.717, 1.165) is 5.56 Å². The number of rotatable bonds is 4. The first-order valence-electron chi connectivity index (χ1n) is 10.7. The molecular weight excluding hydrogens is 432 g/mol. The summed E-state index contributed by atoms with van der Waals surface area (Å²) in [6, 6.07) is 6.64. The zero-order valence-electron chi connectivity index (χ0n) is 18.1. The van der Waals surface area contributed by atoms with Crippen molar-refractivity contribution < 1.29 is 18.3 Å². The van der Waals surface area contributed by atoms with Crippen molar-refractivity contribution >= 4 is 22.5 Å². The molecule has 10 heteroatoms. The molecule has 33 heavy (non-hydrogen) atoms. The highest BCUT2D eigenvalue weighted by Crippen LogP contribution is 2.28. The van der Waals surface area contributed by atoms with Crippen molar-refractivity contribution in [3.63, 3.8) is 0 Å². The molecule has 1 aromatic carbocycles. The second kappa shape index (κ2) is 8.53. The molecule has 3 aromatic rings. The molecule has 5 rings (SSSR count). The van der Waals surface area contributed by atoms with Crippen molar-refractivity contribution in [2.24, 2.45) is 0 Å². The number of benzene rings is 1. The maximum Gasteiger partial charge on any atom is 0.269 e. The quantitative estimate of drug-likeness (QED) is 0.585. The number of nitrogens with one attached hydrogen (secondary N) is 2. The fourth-order valence-electron chi connectivity index (χ4n) is 4.48. The number of carbonyl (C=O) groups is 1. The van der Waals surface area contributed by atoms with Gasteiger partial charge in [-0.1, -0.05) is 12.1 Å². The molecule has 0 aliphatic carbocycles. The third-order valence-corrected chi connectivity index (χ3v) is 6.31. The van der Waals surface area contributed by atoms with E-state index in [4.69, 9.17) is 4.74 Å². The highest BCUT2D eigenvalue weighted by molar-refractivity contribution is 5.92. The summed E-state index contributed by atoms with van der Waals surface area (Å²) in [6.45, 7) is 3.21. The normalized spacial score (nSPS) is 16.3. The molecule has 172 valence electrons. The molecular formula is C23H23F2N5O3. The first kappa shape index (κ1) is 21.5. The second-order valence-corrected chi connectivity index (χ2v) is 8.21. The van der Waals surface area contributed by atoms with Crippen LogP contribution in [0.2, 0.25) is 0 Å². The van der Waals surface area contributed by atoms with Crippen LogP contribution in [0.3, 0.4) is 0 Å². The van der Waals surface area contributed by atoms with Gasteiger partial charge in [-0.15, -0.1) is 0 Å². The SMILES string of the molecule is CNC(=O)c1ccc(N2CCN(Cc3ccc4c5c(c(=O)[nH]c4c3F)COC5)CC2)c(F)n1. The summed E-state index contributed by atoms with van der Waals surface area (Å²) in [5.74, 6) is -1.56. The molecule has 2 aliphatic heterocycles. The van der Waals surface area contributed by atoms with Crippen LogP contribution < -0.4 is 15.8 Å². The number of aromatic nitrogens is 2. The molecule has 0 unspecified atom stereocenters. The summed E-state index contributed by atoms with van der Waals surface area (Å²) in [7, 11) is 1.46. The first-order chi connectivity index (χ1) is 16.0. The van der Waals surface area contributed by atoms with Gasteiger partial charge in [0.05, 0.1) is 24.4 Å². The fraction of sp³-hybridized carbons (Fsp3) is 0.348. The van der Waals surface area contributed by atoms with Gasteiger partial charge in [0, 0.05) is 56.3 Å². The Labute approximate surface area is 188 Å². The zero-order chi connectivity index (χ0) is 23.1. The molecule has 2 aliphatic rings. The lowest BCUT2D eigenvalue weighted by atomic mass is 10.0. The van der Waals surface area contributed by atoms with Gasteiger partial charge in [0.2, 0.25) is 5.95 Å². The maximum absolute atomic E-state index is 15.3. The molecule has 0 saturated carbocycles. The lowest BCUT2D eigenvalue weighted by Crippen LogP contribution is -2.46. The highest BCUT2D eigenvalue weighted by atomic mass is 19.1. The minimum Gasteiger partial charge on any atom is -0.372 e. The first-order valence-corrected chi connectivity index (χ1v) is 10.7. The van der Waals surface area contributed by atoms with Crippen LogP contribution in [0.1, 0.15) is 27.2 Å². The van der Waals surface area contributed by atoms with Gasteiger partial charge in [0.25, 0.3) is 11.5 Å². The zero-order valence-corrected chi connectivity index (χ0v) is 18.1. The monoisotopic (exact) mass is 455 g/mol. The largest absolute Gasteiger partial charge is 0.372 e. The van der Waals surface area contributed by atoms with Gasteiger partial charge < -0.3 is 19.9 Å². The highest BCUT2D eigenvalue weighted by Gasteiger charge is 2.24. The number of ether oxygens (including phenoxy) is 1. The summed E-state index contributed by atoms with van der Waals surface area (Å²) in [5, 5.41) is 3.10. The van der Waals surface area contributed by atoms with E-state index in [9.17, 15) is 14.0 Å². The Kier molecular flexibility index (Phi) is 5.55. The molecule has 2 N–H and O–H groups in total. The molecule has 1 saturated heterocycles. The Morgan fingerprint density at radius 1 is 1.12 bits per heavy atom. The summed E-state index contributed by atoms with van der Waals surface area (Å²) in [4.78, 5) is 34.3. The van der Waals surface area contributed by atoms with E-state index in [1.807, 2.05) is 11.0 Å².